The van der Waals surface area contributed by atoms with Crippen molar-refractivity contribution in [3.05, 3.63) is 0 Å². The fourth-order valence-electron chi connectivity index (χ4n) is 1.05. The van der Waals surface area contributed by atoms with Crippen LogP contribution < -0.4 is 4.72 Å². The second-order valence-electron chi connectivity index (χ2n) is 3.56. The van der Waals surface area contributed by atoms with Gasteiger partial charge in [-0.2, -0.15) is 22.7 Å². The number of nitrogens with one attached hydrogen (secondary N) is 1. The van der Waals surface area contributed by atoms with E-state index in [2.05, 4.69) is 4.72 Å². The SMILES string of the molecule is CCC(CC#N)NS(=O)(=O)N(C)CCC(=O)O. The quantitative estimate of drug-likeness (QED) is 0.636. The lowest BCUT2D eigenvalue weighted by Crippen LogP contribution is -2.44. The standard InChI is InChI=1S/C9H17N3O4S/c1-3-8(4-6-10)11-17(15,16)12(2)7-5-9(13)14/h8,11H,3-5,7H2,1-2H3,(H,13,14). The first-order valence-electron chi connectivity index (χ1n) is 5.15. The lowest BCUT2D eigenvalue weighted by atomic mass is 10.2. The Morgan fingerprint density at radius 3 is 2.59 bits per heavy atom. The van der Waals surface area contributed by atoms with Crippen molar-refractivity contribution >= 4 is 16.2 Å². The molecule has 0 aliphatic heterocycles. The van der Waals surface area contributed by atoms with Crippen molar-refractivity contribution < 1.29 is 18.3 Å². The highest BCUT2D eigenvalue weighted by Crippen LogP contribution is 2.03. The van der Waals surface area contributed by atoms with Crippen molar-refractivity contribution in [1.29, 1.82) is 5.26 Å². The van der Waals surface area contributed by atoms with Gasteiger partial charge in [0, 0.05) is 19.6 Å². The minimum atomic E-state index is -3.72. The zero-order valence-electron chi connectivity index (χ0n) is 9.88. The molecule has 0 aromatic rings. The highest BCUT2D eigenvalue weighted by Gasteiger charge is 2.21. The van der Waals surface area contributed by atoms with Gasteiger partial charge in [-0.1, -0.05) is 6.92 Å². The minimum Gasteiger partial charge on any atom is -0.481 e. The number of hydrogen-bond donors (Lipinski definition) is 2. The molecule has 0 spiro atoms. The topological polar surface area (TPSA) is 111 Å². The molecule has 0 fully saturated rings. The van der Waals surface area contributed by atoms with Gasteiger partial charge in [-0.3, -0.25) is 4.79 Å². The van der Waals surface area contributed by atoms with E-state index >= 15 is 0 Å². The minimum absolute atomic E-state index is 0.0858. The maximum Gasteiger partial charge on any atom is 0.304 e. The summed E-state index contributed by atoms with van der Waals surface area (Å²) in [5.74, 6) is -1.06. The van der Waals surface area contributed by atoms with E-state index in [1.54, 1.807) is 6.92 Å². The molecule has 98 valence electrons. The van der Waals surface area contributed by atoms with Crippen molar-refractivity contribution in [2.75, 3.05) is 13.6 Å². The highest BCUT2D eigenvalue weighted by molar-refractivity contribution is 7.87. The van der Waals surface area contributed by atoms with Crippen LogP contribution in [0.1, 0.15) is 26.2 Å². The molecule has 0 aromatic heterocycles. The zero-order chi connectivity index (χ0) is 13.5. The zero-order valence-corrected chi connectivity index (χ0v) is 10.7. The van der Waals surface area contributed by atoms with Crippen LogP contribution in [0, 0.1) is 11.3 Å². The van der Waals surface area contributed by atoms with E-state index in [0.717, 1.165) is 4.31 Å². The normalized spacial score (nSPS) is 13.3. The van der Waals surface area contributed by atoms with Gasteiger partial charge in [0.1, 0.15) is 0 Å². The van der Waals surface area contributed by atoms with Crippen LogP contribution in [0.5, 0.6) is 0 Å². The molecule has 0 heterocycles. The summed E-state index contributed by atoms with van der Waals surface area (Å²) < 4.78 is 26.7. The largest absolute Gasteiger partial charge is 0.481 e. The van der Waals surface area contributed by atoms with Crippen LogP contribution in [0.3, 0.4) is 0 Å². The van der Waals surface area contributed by atoms with Crippen LogP contribution in [0.15, 0.2) is 0 Å². The molecule has 0 aliphatic carbocycles. The van der Waals surface area contributed by atoms with Gasteiger partial charge < -0.3 is 5.11 Å². The van der Waals surface area contributed by atoms with Crippen LogP contribution in [0.25, 0.3) is 0 Å². The predicted octanol–water partition coefficient (Wildman–Crippen LogP) is -0.0804. The molecule has 17 heavy (non-hydrogen) atoms. The molecule has 1 atom stereocenters. The Morgan fingerprint density at radius 1 is 1.59 bits per heavy atom. The van der Waals surface area contributed by atoms with Crippen molar-refractivity contribution in [2.24, 2.45) is 0 Å². The second-order valence-corrected chi connectivity index (χ2v) is 5.36. The van der Waals surface area contributed by atoms with Gasteiger partial charge in [0.25, 0.3) is 10.2 Å². The summed E-state index contributed by atoms with van der Waals surface area (Å²) in [7, 11) is -2.42. The van der Waals surface area contributed by atoms with Crippen LogP contribution in [-0.2, 0) is 15.0 Å². The summed E-state index contributed by atoms with van der Waals surface area (Å²) in [6, 6.07) is 1.44. The summed E-state index contributed by atoms with van der Waals surface area (Å²) in [5, 5.41) is 17.0. The van der Waals surface area contributed by atoms with Crippen LogP contribution in [0.2, 0.25) is 0 Å². The van der Waals surface area contributed by atoms with E-state index in [1.165, 1.54) is 7.05 Å². The predicted molar refractivity (Wildman–Crippen MR) is 61.2 cm³/mol. The molecular weight excluding hydrogens is 246 g/mol. The molecular formula is C9H17N3O4S. The van der Waals surface area contributed by atoms with E-state index in [9.17, 15) is 13.2 Å². The fraction of sp³-hybridized carbons (Fsp3) is 0.778. The first-order valence-corrected chi connectivity index (χ1v) is 6.59. The fourth-order valence-corrected chi connectivity index (χ4v) is 2.24. The second kappa shape index (κ2) is 7.21. The molecule has 1 unspecified atom stereocenters. The summed E-state index contributed by atoms with van der Waals surface area (Å²) >= 11 is 0. The maximum absolute atomic E-state index is 11.7. The van der Waals surface area contributed by atoms with Gasteiger partial charge in [0.15, 0.2) is 0 Å². The third-order valence-corrected chi connectivity index (χ3v) is 3.83. The maximum atomic E-state index is 11.7. The molecule has 0 bridgehead atoms. The third kappa shape index (κ3) is 6.21. The van der Waals surface area contributed by atoms with Gasteiger partial charge in [-0.25, -0.2) is 0 Å². The molecule has 0 saturated carbocycles. The number of nitrogens with zero attached hydrogens (tertiary/aromatic N) is 2. The third-order valence-electron chi connectivity index (χ3n) is 2.20. The van der Waals surface area contributed by atoms with Crippen LogP contribution in [-0.4, -0.2) is 43.4 Å². The average molecular weight is 263 g/mol. The summed E-state index contributed by atoms with van der Waals surface area (Å²) in [5.41, 5.74) is 0. The number of carbonyl (C=O) groups is 1. The Hall–Kier alpha value is -1.17. The van der Waals surface area contributed by atoms with Crippen molar-refractivity contribution in [2.45, 2.75) is 32.2 Å². The summed E-state index contributed by atoms with van der Waals surface area (Å²) in [6.07, 6.45) is 0.328. The molecule has 0 aliphatic rings. The molecule has 0 radical (unpaired) electrons. The molecule has 8 heteroatoms. The van der Waals surface area contributed by atoms with Gasteiger partial charge in [-0.05, 0) is 6.42 Å². The lowest BCUT2D eigenvalue weighted by Gasteiger charge is -2.20. The molecule has 0 rings (SSSR count). The van der Waals surface area contributed by atoms with Gasteiger partial charge in [0.05, 0.1) is 18.9 Å². The monoisotopic (exact) mass is 263 g/mol. The Kier molecular flexibility index (Phi) is 6.72. The number of nitriles is 1. The molecule has 2 N–H and O–H groups in total. The number of aliphatic carboxylic acids is 1. The lowest BCUT2D eigenvalue weighted by molar-refractivity contribution is -0.137. The van der Waals surface area contributed by atoms with Gasteiger partial charge in [-0.15, -0.1) is 0 Å². The number of rotatable bonds is 8. The molecule has 0 saturated heterocycles. The van der Waals surface area contributed by atoms with Crippen molar-refractivity contribution in [1.82, 2.24) is 9.03 Å². The Morgan fingerprint density at radius 2 is 2.18 bits per heavy atom. The first-order chi connectivity index (χ1) is 7.83. The first kappa shape index (κ1) is 15.8. The molecule has 7 nitrogen and oxygen atoms in total. The highest BCUT2D eigenvalue weighted by atomic mass is 32.2. The summed E-state index contributed by atoms with van der Waals surface area (Å²) in [6.45, 7) is 1.66. The number of carboxylic acids is 1. The Bertz CT molecular complexity index is 388. The Labute approximate surface area is 101 Å². The van der Waals surface area contributed by atoms with Crippen molar-refractivity contribution in [3.8, 4) is 6.07 Å². The van der Waals surface area contributed by atoms with Gasteiger partial charge >= 0.3 is 5.97 Å². The Balaban J connectivity index is 4.45. The van der Waals surface area contributed by atoms with E-state index < -0.39 is 22.2 Å². The molecule has 0 aromatic carbocycles. The smallest absolute Gasteiger partial charge is 0.304 e. The average Bonchev–Trinajstić information content (AvgIpc) is 2.24. The van der Waals surface area contributed by atoms with E-state index in [1.807, 2.05) is 6.07 Å². The van der Waals surface area contributed by atoms with E-state index in [-0.39, 0.29) is 19.4 Å². The number of carboxylic acid groups (broad SMARTS) is 1. The van der Waals surface area contributed by atoms with E-state index in [4.69, 9.17) is 10.4 Å². The van der Waals surface area contributed by atoms with Crippen LogP contribution in [0.4, 0.5) is 0 Å². The van der Waals surface area contributed by atoms with Crippen molar-refractivity contribution in [3.63, 3.8) is 0 Å². The molecule has 0 amide bonds. The summed E-state index contributed by atoms with van der Waals surface area (Å²) in [4.78, 5) is 10.3. The van der Waals surface area contributed by atoms with Gasteiger partial charge in [0.2, 0.25) is 0 Å². The van der Waals surface area contributed by atoms with Crippen LogP contribution >= 0.6 is 0 Å². The van der Waals surface area contributed by atoms with E-state index in [0.29, 0.717) is 6.42 Å². The number of hydrogen-bond acceptors (Lipinski definition) is 4.